The van der Waals surface area contributed by atoms with Crippen molar-refractivity contribution in [3.05, 3.63) is 76.7 Å². The predicted octanol–water partition coefficient (Wildman–Crippen LogP) is 3.45. The fraction of sp³-hybridized carbons (Fsp3) is 0.150. The van der Waals surface area contributed by atoms with Gasteiger partial charge < -0.3 is 14.7 Å². The quantitative estimate of drug-likeness (QED) is 0.732. The van der Waals surface area contributed by atoms with Crippen molar-refractivity contribution >= 4 is 23.4 Å². The molecule has 1 aliphatic heterocycles. The standard InChI is InChI=1S/C20H15ClFN3O3/c21-14-5-1-12(2-6-14)17-11-16(24-28-17)20(27)25-10-9-23-19(26)18(25)13-3-7-15(22)8-4-13/h1-8,11,18H,9-10H2,(H,23,26). The van der Waals surface area contributed by atoms with Gasteiger partial charge in [-0.05, 0) is 42.0 Å². The smallest absolute Gasteiger partial charge is 0.277 e. The van der Waals surface area contributed by atoms with Crippen molar-refractivity contribution in [1.29, 1.82) is 0 Å². The van der Waals surface area contributed by atoms with Gasteiger partial charge in [0, 0.05) is 29.7 Å². The molecule has 1 saturated heterocycles. The molecule has 6 nitrogen and oxygen atoms in total. The first-order valence-electron chi connectivity index (χ1n) is 8.60. The molecule has 1 aliphatic rings. The Hall–Kier alpha value is -3.19. The normalized spacial score (nSPS) is 16.7. The van der Waals surface area contributed by atoms with Crippen molar-refractivity contribution < 1.29 is 18.5 Å². The van der Waals surface area contributed by atoms with Crippen LogP contribution in [0.4, 0.5) is 4.39 Å². The van der Waals surface area contributed by atoms with E-state index in [1.54, 1.807) is 24.3 Å². The summed E-state index contributed by atoms with van der Waals surface area (Å²) in [6.45, 7) is 0.625. The number of aromatic nitrogens is 1. The second-order valence-corrected chi connectivity index (χ2v) is 6.76. The molecule has 0 bridgehead atoms. The third-order valence-electron chi connectivity index (χ3n) is 4.52. The zero-order valence-electron chi connectivity index (χ0n) is 14.6. The Morgan fingerprint density at radius 1 is 1.18 bits per heavy atom. The van der Waals surface area contributed by atoms with E-state index in [9.17, 15) is 14.0 Å². The Bertz CT molecular complexity index is 1020. The molecule has 1 unspecified atom stereocenters. The number of halogens is 2. The number of hydrogen-bond donors (Lipinski definition) is 1. The van der Waals surface area contributed by atoms with Crippen molar-refractivity contribution in [2.75, 3.05) is 13.1 Å². The number of rotatable bonds is 3. The lowest BCUT2D eigenvalue weighted by Gasteiger charge is -2.34. The van der Waals surface area contributed by atoms with Crippen molar-refractivity contribution in [2.45, 2.75) is 6.04 Å². The molecule has 1 fully saturated rings. The van der Waals surface area contributed by atoms with Gasteiger partial charge in [-0.15, -0.1) is 0 Å². The second kappa shape index (κ2) is 7.44. The molecule has 1 N–H and O–H groups in total. The maximum atomic E-state index is 13.2. The van der Waals surface area contributed by atoms with Gasteiger partial charge in [0.05, 0.1) is 0 Å². The van der Waals surface area contributed by atoms with Gasteiger partial charge in [-0.25, -0.2) is 4.39 Å². The van der Waals surface area contributed by atoms with Crippen LogP contribution in [0.15, 0.2) is 59.1 Å². The topological polar surface area (TPSA) is 75.4 Å². The first kappa shape index (κ1) is 18.2. The average Bonchev–Trinajstić information content (AvgIpc) is 3.19. The van der Waals surface area contributed by atoms with Gasteiger partial charge in [-0.3, -0.25) is 9.59 Å². The van der Waals surface area contributed by atoms with Gasteiger partial charge in [-0.2, -0.15) is 0 Å². The molecule has 28 heavy (non-hydrogen) atoms. The predicted molar refractivity (Wildman–Crippen MR) is 100 cm³/mol. The molecule has 1 aromatic heterocycles. The lowest BCUT2D eigenvalue weighted by Crippen LogP contribution is -2.52. The molecule has 1 atom stereocenters. The first-order valence-corrected chi connectivity index (χ1v) is 8.97. The molecule has 8 heteroatoms. The Balaban J connectivity index is 1.63. The van der Waals surface area contributed by atoms with Crippen LogP contribution in [0.25, 0.3) is 11.3 Å². The SMILES string of the molecule is O=C1NCCN(C(=O)c2cc(-c3ccc(Cl)cc3)on2)C1c1ccc(F)cc1. The van der Waals surface area contributed by atoms with Crippen LogP contribution in [0.1, 0.15) is 22.1 Å². The van der Waals surface area contributed by atoms with E-state index in [1.807, 2.05) is 0 Å². The van der Waals surface area contributed by atoms with Crippen molar-refractivity contribution in [3.63, 3.8) is 0 Å². The van der Waals surface area contributed by atoms with Crippen LogP contribution in [-0.2, 0) is 4.79 Å². The minimum Gasteiger partial charge on any atom is -0.355 e. The zero-order chi connectivity index (χ0) is 19.7. The number of amides is 2. The highest BCUT2D eigenvalue weighted by molar-refractivity contribution is 6.30. The highest BCUT2D eigenvalue weighted by Gasteiger charge is 2.36. The van der Waals surface area contributed by atoms with Crippen LogP contribution in [-0.4, -0.2) is 35.0 Å². The first-order chi connectivity index (χ1) is 13.5. The van der Waals surface area contributed by atoms with Gasteiger partial charge in [-0.1, -0.05) is 28.9 Å². The average molecular weight is 400 g/mol. The van der Waals surface area contributed by atoms with E-state index >= 15 is 0 Å². The van der Waals surface area contributed by atoms with E-state index in [2.05, 4.69) is 10.5 Å². The third kappa shape index (κ3) is 3.48. The van der Waals surface area contributed by atoms with Crippen LogP contribution < -0.4 is 5.32 Å². The monoisotopic (exact) mass is 399 g/mol. The third-order valence-corrected chi connectivity index (χ3v) is 4.77. The molecule has 0 spiro atoms. The molecule has 3 aromatic rings. The Kier molecular flexibility index (Phi) is 4.83. The molecule has 2 heterocycles. The number of carbonyl (C=O) groups is 2. The van der Waals surface area contributed by atoms with Crippen molar-refractivity contribution in [1.82, 2.24) is 15.4 Å². The molecule has 2 aromatic carbocycles. The lowest BCUT2D eigenvalue weighted by atomic mass is 10.0. The maximum absolute atomic E-state index is 13.2. The second-order valence-electron chi connectivity index (χ2n) is 6.33. The van der Waals surface area contributed by atoms with E-state index in [0.29, 0.717) is 29.4 Å². The van der Waals surface area contributed by atoms with E-state index in [1.165, 1.54) is 35.2 Å². The van der Waals surface area contributed by atoms with Crippen LogP contribution >= 0.6 is 11.6 Å². The molecule has 2 amide bonds. The van der Waals surface area contributed by atoms with Crippen LogP contribution in [0.3, 0.4) is 0 Å². The number of nitrogens with one attached hydrogen (secondary N) is 1. The highest BCUT2D eigenvalue weighted by atomic mass is 35.5. The summed E-state index contributed by atoms with van der Waals surface area (Å²) in [5.41, 5.74) is 1.34. The van der Waals surface area contributed by atoms with Crippen molar-refractivity contribution in [3.8, 4) is 11.3 Å². The van der Waals surface area contributed by atoms with E-state index in [0.717, 1.165) is 5.56 Å². The number of piperazine rings is 1. The summed E-state index contributed by atoms with van der Waals surface area (Å²) in [7, 11) is 0. The zero-order valence-corrected chi connectivity index (χ0v) is 15.3. The molecule has 0 saturated carbocycles. The van der Waals surface area contributed by atoms with Gasteiger partial charge in [0.15, 0.2) is 11.5 Å². The Morgan fingerprint density at radius 2 is 1.89 bits per heavy atom. The Labute approximate surface area is 164 Å². The summed E-state index contributed by atoms with van der Waals surface area (Å²) in [4.78, 5) is 26.9. The number of nitrogens with zero attached hydrogens (tertiary/aromatic N) is 2. The van der Waals surface area contributed by atoms with Crippen LogP contribution in [0.2, 0.25) is 5.02 Å². The summed E-state index contributed by atoms with van der Waals surface area (Å²) in [6.07, 6.45) is 0. The van der Waals surface area contributed by atoms with E-state index in [-0.39, 0.29) is 11.6 Å². The molecule has 0 radical (unpaired) electrons. The fourth-order valence-corrected chi connectivity index (χ4v) is 3.26. The summed E-state index contributed by atoms with van der Waals surface area (Å²) < 4.78 is 18.5. The van der Waals surface area contributed by atoms with Gasteiger partial charge in [0.2, 0.25) is 5.91 Å². The maximum Gasteiger partial charge on any atom is 0.277 e. The minimum atomic E-state index is -0.863. The fourth-order valence-electron chi connectivity index (χ4n) is 3.14. The summed E-state index contributed by atoms with van der Waals surface area (Å²) in [5.74, 6) is -0.762. The van der Waals surface area contributed by atoms with E-state index < -0.39 is 17.8 Å². The molecule has 4 rings (SSSR count). The molecule has 142 valence electrons. The summed E-state index contributed by atoms with van der Waals surface area (Å²) in [5, 5.41) is 7.19. The summed E-state index contributed by atoms with van der Waals surface area (Å²) in [6, 6.07) is 13.1. The molecule has 0 aliphatic carbocycles. The number of benzene rings is 2. The summed E-state index contributed by atoms with van der Waals surface area (Å²) >= 11 is 5.89. The largest absolute Gasteiger partial charge is 0.355 e. The van der Waals surface area contributed by atoms with Gasteiger partial charge >= 0.3 is 0 Å². The van der Waals surface area contributed by atoms with E-state index in [4.69, 9.17) is 16.1 Å². The van der Waals surface area contributed by atoms with Crippen LogP contribution in [0, 0.1) is 5.82 Å². The van der Waals surface area contributed by atoms with Gasteiger partial charge in [0.25, 0.3) is 5.91 Å². The lowest BCUT2D eigenvalue weighted by molar-refractivity contribution is -0.128. The Morgan fingerprint density at radius 3 is 2.61 bits per heavy atom. The van der Waals surface area contributed by atoms with Crippen molar-refractivity contribution in [2.24, 2.45) is 0 Å². The molecular formula is C20H15ClFN3O3. The van der Waals surface area contributed by atoms with Gasteiger partial charge in [0.1, 0.15) is 11.9 Å². The minimum absolute atomic E-state index is 0.0896. The van der Waals surface area contributed by atoms with Crippen LogP contribution in [0.5, 0.6) is 0 Å². The highest BCUT2D eigenvalue weighted by Crippen LogP contribution is 2.27. The molecular weight excluding hydrogens is 385 g/mol. The number of carbonyl (C=O) groups excluding carboxylic acids is 2. The number of hydrogen-bond acceptors (Lipinski definition) is 4.